The molecule has 4 N–H and O–H groups in total. The van der Waals surface area contributed by atoms with Gasteiger partial charge in [0.2, 0.25) is 0 Å². The van der Waals surface area contributed by atoms with E-state index in [0.717, 1.165) is 6.26 Å². The van der Waals surface area contributed by atoms with Crippen LogP contribution < -0.4 is 21.4 Å². The van der Waals surface area contributed by atoms with Crippen molar-refractivity contribution in [2.45, 2.75) is 26.2 Å². The summed E-state index contributed by atoms with van der Waals surface area (Å²) in [4.78, 5) is 36.4. The van der Waals surface area contributed by atoms with Crippen molar-refractivity contribution < 1.29 is 23.8 Å². The van der Waals surface area contributed by atoms with Crippen molar-refractivity contribution in [2.24, 2.45) is 0 Å². The van der Waals surface area contributed by atoms with Crippen LogP contribution in [-0.2, 0) is 9.59 Å². The van der Waals surface area contributed by atoms with Crippen LogP contribution in [0.2, 0.25) is 0 Å². The summed E-state index contributed by atoms with van der Waals surface area (Å²) in [6.45, 7) is 3.14. The van der Waals surface area contributed by atoms with Crippen LogP contribution in [0.3, 0.4) is 0 Å². The Labute approximate surface area is 165 Å². The zero-order valence-electron chi connectivity index (χ0n) is 15.7. The number of nitrogens with two attached hydrogens (primary N) is 1. The van der Waals surface area contributed by atoms with Crippen molar-refractivity contribution >= 4 is 28.7 Å². The third kappa shape index (κ3) is 3.08. The van der Waals surface area contributed by atoms with E-state index in [0.29, 0.717) is 45.3 Å². The number of hydrogen-bond acceptors (Lipinski definition) is 7. The number of carboxylic acids is 1. The normalized spacial score (nSPS) is 16.2. The zero-order valence-corrected chi connectivity index (χ0v) is 15.7. The van der Waals surface area contributed by atoms with E-state index in [2.05, 4.69) is 5.32 Å². The predicted octanol–water partition coefficient (Wildman–Crippen LogP) is 2.79. The number of anilines is 2. The van der Waals surface area contributed by atoms with Crippen LogP contribution in [0.4, 0.5) is 11.4 Å². The molecule has 0 radical (unpaired) electrons. The standard InChI is InChI=1S/C21H18N2O6/c1-9-14(10(2)20(25)26)8-28-21(27)18(9)13-6-12(24)7-17-19(13)23-15-4-3-11(22)5-16(15)29-17/h3-6,8,10,23H,7,22H2,1-2H3,(H,25,26). The maximum Gasteiger partial charge on any atom is 0.343 e. The van der Waals surface area contributed by atoms with Crippen LogP contribution in [0.15, 0.2) is 51.2 Å². The van der Waals surface area contributed by atoms with Gasteiger partial charge in [-0.25, -0.2) is 4.79 Å². The first kappa shape index (κ1) is 18.5. The fourth-order valence-corrected chi connectivity index (χ4v) is 3.53. The van der Waals surface area contributed by atoms with Gasteiger partial charge in [0.05, 0.1) is 35.5 Å². The molecule has 29 heavy (non-hydrogen) atoms. The van der Waals surface area contributed by atoms with E-state index in [9.17, 15) is 19.5 Å². The van der Waals surface area contributed by atoms with Gasteiger partial charge in [-0.1, -0.05) is 0 Å². The number of ketones is 1. The number of nitrogens with one attached hydrogen (secondary N) is 1. The Morgan fingerprint density at radius 3 is 2.79 bits per heavy atom. The number of carboxylic acid groups (broad SMARTS) is 1. The van der Waals surface area contributed by atoms with Gasteiger partial charge in [-0.3, -0.25) is 9.59 Å². The highest BCUT2D eigenvalue weighted by molar-refractivity contribution is 6.06. The van der Waals surface area contributed by atoms with Gasteiger partial charge in [-0.05, 0) is 37.6 Å². The Kier molecular flexibility index (Phi) is 4.26. The second-order valence-corrected chi connectivity index (χ2v) is 7.02. The molecule has 1 aromatic carbocycles. The van der Waals surface area contributed by atoms with Gasteiger partial charge in [-0.15, -0.1) is 0 Å². The highest BCUT2D eigenvalue weighted by atomic mass is 16.5. The summed E-state index contributed by atoms with van der Waals surface area (Å²) in [5.41, 5.74) is 7.99. The maximum absolute atomic E-state index is 12.6. The molecular formula is C21H18N2O6. The molecule has 148 valence electrons. The number of aliphatic carboxylic acids is 1. The summed E-state index contributed by atoms with van der Waals surface area (Å²) >= 11 is 0. The van der Waals surface area contributed by atoms with Gasteiger partial charge in [-0.2, -0.15) is 0 Å². The summed E-state index contributed by atoms with van der Waals surface area (Å²) in [6.07, 6.45) is 2.53. The number of allylic oxidation sites excluding steroid dienone is 3. The lowest BCUT2D eigenvalue weighted by Crippen LogP contribution is -2.25. The van der Waals surface area contributed by atoms with E-state index >= 15 is 0 Å². The Balaban J connectivity index is 1.87. The number of carbonyl (C=O) groups is 2. The molecule has 1 unspecified atom stereocenters. The molecule has 4 rings (SSSR count). The topological polar surface area (TPSA) is 132 Å². The quantitative estimate of drug-likeness (QED) is 0.677. The number of ether oxygens (including phenoxy) is 1. The van der Waals surface area contributed by atoms with Crippen LogP contribution in [-0.4, -0.2) is 16.9 Å². The van der Waals surface area contributed by atoms with Crippen LogP contribution in [0.25, 0.3) is 5.57 Å². The molecule has 8 nitrogen and oxygen atoms in total. The highest BCUT2D eigenvalue weighted by Gasteiger charge is 2.32. The molecule has 0 bridgehead atoms. The molecule has 0 spiro atoms. The number of rotatable bonds is 3. The monoisotopic (exact) mass is 394 g/mol. The first-order valence-electron chi connectivity index (χ1n) is 8.94. The average Bonchev–Trinajstić information content (AvgIpc) is 2.66. The lowest BCUT2D eigenvalue weighted by Gasteiger charge is -2.29. The summed E-state index contributed by atoms with van der Waals surface area (Å²) in [5, 5.41) is 12.6. The molecule has 1 atom stereocenters. The van der Waals surface area contributed by atoms with Crippen molar-refractivity contribution in [3.8, 4) is 5.75 Å². The molecule has 2 aromatic rings. The van der Waals surface area contributed by atoms with Gasteiger partial charge in [0.25, 0.3) is 0 Å². The molecule has 0 amide bonds. The average molecular weight is 394 g/mol. The van der Waals surface area contributed by atoms with Crippen molar-refractivity contribution in [1.29, 1.82) is 0 Å². The fraction of sp³-hybridized carbons (Fsp3) is 0.190. The first-order chi connectivity index (χ1) is 13.8. The number of benzene rings is 1. The Bertz CT molecular complexity index is 1190. The van der Waals surface area contributed by atoms with E-state index in [-0.39, 0.29) is 17.8 Å². The van der Waals surface area contributed by atoms with E-state index in [1.54, 1.807) is 25.1 Å². The van der Waals surface area contributed by atoms with Gasteiger partial charge < -0.3 is 25.3 Å². The largest absolute Gasteiger partial charge is 0.481 e. The van der Waals surface area contributed by atoms with Crippen molar-refractivity contribution in [1.82, 2.24) is 0 Å². The third-order valence-corrected chi connectivity index (χ3v) is 5.10. The predicted molar refractivity (Wildman–Crippen MR) is 105 cm³/mol. The smallest absolute Gasteiger partial charge is 0.343 e. The molecule has 2 aliphatic rings. The van der Waals surface area contributed by atoms with Crippen LogP contribution >= 0.6 is 0 Å². The van der Waals surface area contributed by atoms with Crippen molar-refractivity contribution in [2.75, 3.05) is 11.1 Å². The molecular weight excluding hydrogens is 376 g/mol. The summed E-state index contributed by atoms with van der Waals surface area (Å²) in [7, 11) is 0. The second kappa shape index (κ2) is 6.66. The molecule has 0 fully saturated rings. The maximum atomic E-state index is 12.6. The molecule has 2 heterocycles. The third-order valence-electron chi connectivity index (χ3n) is 5.10. The fourth-order valence-electron chi connectivity index (χ4n) is 3.53. The van der Waals surface area contributed by atoms with E-state index in [1.165, 1.54) is 13.0 Å². The van der Waals surface area contributed by atoms with Gasteiger partial charge >= 0.3 is 11.6 Å². The molecule has 0 saturated carbocycles. The molecule has 8 heteroatoms. The minimum Gasteiger partial charge on any atom is -0.481 e. The van der Waals surface area contributed by atoms with E-state index in [1.807, 2.05) is 0 Å². The molecule has 0 saturated heterocycles. The summed E-state index contributed by atoms with van der Waals surface area (Å²) in [5.74, 6) is -1.34. The number of carbonyl (C=O) groups excluding carboxylic acids is 1. The lowest BCUT2D eigenvalue weighted by atomic mass is 9.88. The summed E-state index contributed by atoms with van der Waals surface area (Å²) < 4.78 is 11.0. The van der Waals surface area contributed by atoms with Crippen molar-refractivity contribution in [3.05, 3.63) is 69.1 Å². The Morgan fingerprint density at radius 1 is 1.31 bits per heavy atom. The minimum absolute atomic E-state index is 0.0235. The second-order valence-electron chi connectivity index (χ2n) is 7.02. The van der Waals surface area contributed by atoms with Crippen molar-refractivity contribution in [3.63, 3.8) is 0 Å². The summed E-state index contributed by atoms with van der Waals surface area (Å²) in [6, 6.07) is 5.08. The highest BCUT2D eigenvalue weighted by Crippen LogP contribution is 2.41. The van der Waals surface area contributed by atoms with Gasteiger partial charge in [0.1, 0.15) is 5.76 Å². The zero-order chi connectivity index (χ0) is 20.9. The SMILES string of the molecule is Cc1c(C(C)C(=O)O)coc(=O)c1C1=CC(=O)CC2=C1Nc1ccc(N)cc1O2. The van der Waals surface area contributed by atoms with Crippen LogP contribution in [0.1, 0.15) is 36.0 Å². The Hall–Kier alpha value is -3.81. The first-order valence-corrected chi connectivity index (χ1v) is 8.94. The van der Waals surface area contributed by atoms with Crippen LogP contribution in [0, 0.1) is 6.92 Å². The molecule has 1 aliphatic heterocycles. The number of hydrogen-bond donors (Lipinski definition) is 3. The van der Waals surface area contributed by atoms with Gasteiger partial charge in [0.15, 0.2) is 11.5 Å². The van der Waals surface area contributed by atoms with E-state index in [4.69, 9.17) is 14.9 Å². The number of fused-ring (bicyclic) bond motifs is 1. The lowest BCUT2D eigenvalue weighted by molar-refractivity contribution is -0.138. The Morgan fingerprint density at radius 2 is 2.07 bits per heavy atom. The van der Waals surface area contributed by atoms with Crippen LogP contribution in [0.5, 0.6) is 5.75 Å². The molecule has 1 aromatic heterocycles. The molecule has 1 aliphatic carbocycles. The number of nitrogen functional groups attached to an aromatic ring is 1. The van der Waals surface area contributed by atoms with E-state index < -0.39 is 17.5 Å². The van der Waals surface area contributed by atoms with Gasteiger partial charge in [0, 0.05) is 22.9 Å². The minimum atomic E-state index is -1.05.